The maximum Gasteiger partial charge on any atom is 0.0600 e. The molecule has 0 amide bonds. The van der Waals surface area contributed by atoms with E-state index in [4.69, 9.17) is 0 Å². The first-order valence-electron chi connectivity index (χ1n) is 36.4. The van der Waals surface area contributed by atoms with Crippen molar-refractivity contribution in [1.29, 1.82) is 0 Å². The fourth-order valence-electron chi connectivity index (χ4n) is 12.8. The van der Waals surface area contributed by atoms with E-state index < -0.39 is 0 Å². The maximum absolute atomic E-state index is 4.51. The molecule has 0 N–H and O–H groups in total. The molecule has 18 aromatic rings. The monoisotopic (exact) mass is 2010 g/mol. The third-order valence-electron chi connectivity index (χ3n) is 18.0. The Morgan fingerprint density at radius 1 is 0.230 bits per heavy atom. The van der Waals surface area contributed by atoms with Gasteiger partial charge in [0.25, 0.3) is 0 Å². The van der Waals surface area contributed by atoms with Crippen LogP contribution in [0.1, 0.15) is 45.3 Å². The molecule has 0 bridgehead atoms. The third-order valence-corrected chi connectivity index (χ3v) is 18.0. The summed E-state index contributed by atoms with van der Waals surface area (Å²) in [4.78, 5) is 0. The largest absolute Gasteiger partial charge is 0.266 e. The SMILES string of the molecule is Cc1cc(-c2ccccc2)cc(C)c1-c1c[c-]c(-n2cccn2)cc1.Cc1cc(C)n(-c2[c-]cc(-c3ccc(-c4ccccc4)cc3)cc2)n1.Cc1cc(C)n(-c2[c-]cc(-c3ccc(-c4ccccc4)cc3)cc2)n1.Cc1cc(C)n(-c2[c-]cccc2)n1.[Ir].[Ir].[Ir].[c-]1ccccc1-n1cccn1.[c-]1ccccc1-n1cccn1. The van der Waals surface area contributed by atoms with Crippen LogP contribution in [-0.4, -0.2) is 58.7 Å². The molecule has 567 valence electrons. The molecule has 0 spiro atoms. The van der Waals surface area contributed by atoms with E-state index in [0.717, 1.165) is 79.4 Å². The second-order valence-corrected chi connectivity index (χ2v) is 26.2. The molecule has 0 saturated carbocycles. The minimum Gasteiger partial charge on any atom is -0.266 e. The number of benzene rings is 12. The predicted octanol–water partition coefficient (Wildman–Crippen LogP) is 22.5. The van der Waals surface area contributed by atoms with Crippen LogP contribution in [0.5, 0.6) is 0 Å². The Morgan fingerprint density at radius 3 is 0.779 bits per heavy atom. The van der Waals surface area contributed by atoms with Gasteiger partial charge in [0, 0.05) is 115 Å². The van der Waals surface area contributed by atoms with Crippen molar-refractivity contribution in [1.82, 2.24) is 58.7 Å². The molecule has 0 saturated heterocycles. The standard InChI is InChI=1S/3C23H19N2.C11H11N2.2C9H7N2.3Ir/c1-17-15-21(19-7-4-3-5-8-19)16-18(2)23(17)20-9-11-22(12-10-20)25-14-6-13-24-25;2*1-17-16-18(2)25(24-17)23-14-12-22(13-15-23)21-10-8-20(9-11-21)19-6-4-3-5-7-19;1-9-8-10(2)13(12-9)11-6-4-3-5-7-11;2*1-2-5-9(6-3-1)11-8-4-7-10-11;;;/h3-11,13-16H,1-2H3;2*3-14,16H,1-2H3;3-6,8H,1-2H3;2*1-5,7-8H;;;/q6*-1;;;. The van der Waals surface area contributed by atoms with Crippen LogP contribution in [0.3, 0.4) is 0 Å². The molecule has 0 unspecified atom stereocenters. The summed E-state index contributed by atoms with van der Waals surface area (Å²) >= 11 is 0. The molecule has 6 aromatic heterocycles. The predicted molar refractivity (Wildman–Crippen MR) is 445 cm³/mol. The molecular weight excluding hydrogens is 1920 g/mol. The normalized spacial score (nSPS) is 10.3. The van der Waals surface area contributed by atoms with E-state index >= 15 is 0 Å². The van der Waals surface area contributed by atoms with E-state index in [1.165, 1.54) is 66.8 Å². The number of nitrogens with zero attached hydrogens (tertiary/aromatic N) is 12. The van der Waals surface area contributed by atoms with Gasteiger partial charge in [-0.1, -0.05) is 179 Å². The van der Waals surface area contributed by atoms with Crippen molar-refractivity contribution >= 4 is 0 Å². The second kappa shape index (κ2) is 41.2. The van der Waals surface area contributed by atoms with Gasteiger partial charge < -0.3 is 0 Å². The Hall–Kier alpha value is -12.2. The number of hydrogen-bond donors (Lipinski definition) is 0. The number of hydrogen-bond acceptors (Lipinski definition) is 6. The molecule has 0 aliphatic rings. The summed E-state index contributed by atoms with van der Waals surface area (Å²) in [5.74, 6) is 0. The fraction of sp³-hybridized carbons (Fsp3) is 0.0816. The molecule has 0 fully saturated rings. The van der Waals surface area contributed by atoms with Crippen LogP contribution in [0.15, 0.2) is 353 Å². The van der Waals surface area contributed by atoms with Crippen LogP contribution in [0.2, 0.25) is 0 Å². The van der Waals surface area contributed by atoms with Crippen LogP contribution in [0.25, 0.3) is 101 Å². The maximum atomic E-state index is 4.51. The molecule has 0 atom stereocenters. The topological polar surface area (TPSA) is 107 Å². The molecule has 0 aliphatic heterocycles. The number of aromatic nitrogens is 12. The first kappa shape index (κ1) is 83.3. The van der Waals surface area contributed by atoms with Crippen molar-refractivity contribution in [3.8, 4) is 101 Å². The van der Waals surface area contributed by atoms with Crippen molar-refractivity contribution < 1.29 is 60.3 Å². The smallest absolute Gasteiger partial charge is 0.0600 e. The molecule has 15 heteroatoms. The number of para-hydroxylation sites is 3. The van der Waals surface area contributed by atoms with E-state index in [1.807, 2.05) is 180 Å². The van der Waals surface area contributed by atoms with Gasteiger partial charge in [-0.3, -0.25) is 28.1 Å². The van der Waals surface area contributed by atoms with Crippen molar-refractivity contribution in [2.75, 3.05) is 0 Å². The van der Waals surface area contributed by atoms with Crippen molar-refractivity contribution in [2.24, 2.45) is 0 Å². The van der Waals surface area contributed by atoms with Gasteiger partial charge in [-0.05, 0) is 159 Å². The summed E-state index contributed by atoms with van der Waals surface area (Å²) in [5.41, 5.74) is 29.4. The molecule has 113 heavy (non-hydrogen) atoms. The molecular formula is C98H82Ir3N12-6. The Balaban J connectivity index is 0.000000147. The Morgan fingerprint density at radius 2 is 0.496 bits per heavy atom. The zero-order valence-electron chi connectivity index (χ0n) is 63.9. The van der Waals surface area contributed by atoms with Gasteiger partial charge in [-0.2, -0.15) is 158 Å². The van der Waals surface area contributed by atoms with Gasteiger partial charge >= 0.3 is 0 Å². The minimum atomic E-state index is 0. The van der Waals surface area contributed by atoms with Gasteiger partial charge in [0.2, 0.25) is 0 Å². The zero-order chi connectivity index (χ0) is 76.0. The summed E-state index contributed by atoms with van der Waals surface area (Å²) in [6, 6.07) is 126. The minimum absolute atomic E-state index is 0. The van der Waals surface area contributed by atoms with E-state index in [9.17, 15) is 0 Å². The molecule has 12 nitrogen and oxygen atoms in total. The average Bonchev–Trinajstić information content (AvgIpc) is 1.03. The van der Waals surface area contributed by atoms with Crippen molar-refractivity contribution in [2.45, 2.75) is 55.4 Å². The molecule has 3 radical (unpaired) electrons. The molecule has 18 rings (SSSR count). The first-order valence-corrected chi connectivity index (χ1v) is 36.4. The summed E-state index contributed by atoms with van der Waals surface area (Å²) in [5, 5.41) is 25.8. The number of rotatable bonds is 12. The first-order chi connectivity index (χ1) is 53.8. The summed E-state index contributed by atoms with van der Waals surface area (Å²) in [6.07, 6.45) is 11.0. The number of aryl methyl sites for hydroxylation is 8. The van der Waals surface area contributed by atoms with Crippen LogP contribution in [-0.2, 0) is 60.3 Å². The Kier molecular flexibility index (Phi) is 30.4. The van der Waals surface area contributed by atoms with Crippen LogP contribution in [0.4, 0.5) is 0 Å². The second-order valence-electron chi connectivity index (χ2n) is 26.2. The molecule has 6 heterocycles. The van der Waals surface area contributed by atoms with Crippen LogP contribution in [0, 0.1) is 91.8 Å². The van der Waals surface area contributed by atoms with Crippen LogP contribution >= 0.6 is 0 Å². The van der Waals surface area contributed by atoms with Gasteiger partial charge in [-0.15, -0.1) is 53.1 Å². The van der Waals surface area contributed by atoms with Gasteiger partial charge in [-0.25, -0.2) is 0 Å². The van der Waals surface area contributed by atoms with Crippen LogP contribution < -0.4 is 0 Å². The summed E-state index contributed by atoms with van der Waals surface area (Å²) in [7, 11) is 0. The Labute approximate surface area is 703 Å². The molecule has 0 aliphatic carbocycles. The van der Waals surface area contributed by atoms with Crippen molar-refractivity contribution in [3.05, 3.63) is 434 Å². The summed E-state index contributed by atoms with van der Waals surface area (Å²) in [6.45, 7) is 16.5. The fourth-order valence-corrected chi connectivity index (χ4v) is 12.8. The van der Waals surface area contributed by atoms with E-state index in [0.29, 0.717) is 0 Å². The van der Waals surface area contributed by atoms with Crippen molar-refractivity contribution in [3.63, 3.8) is 0 Å². The van der Waals surface area contributed by atoms with E-state index in [1.54, 1.807) is 28.0 Å². The molecule has 12 aromatic carbocycles. The van der Waals surface area contributed by atoms with Gasteiger partial charge in [0.05, 0.1) is 17.1 Å². The van der Waals surface area contributed by atoms with E-state index in [-0.39, 0.29) is 60.3 Å². The van der Waals surface area contributed by atoms with E-state index in [2.05, 4.69) is 295 Å². The Bertz CT molecular complexity index is 5520. The average molecular weight is 2000 g/mol. The third kappa shape index (κ3) is 22.3. The summed E-state index contributed by atoms with van der Waals surface area (Å²) < 4.78 is 11.1. The quantitative estimate of drug-likeness (QED) is 0.113. The van der Waals surface area contributed by atoms with Gasteiger partial charge in [0.15, 0.2) is 0 Å². The van der Waals surface area contributed by atoms with Gasteiger partial charge in [0.1, 0.15) is 0 Å². The zero-order valence-corrected chi connectivity index (χ0v) is 71.0.